The van der Waals surface area contributed by atoms with Crippen LogP contribution in [0.1, 0.15) is 31.9 Å². The molecule has 1 aromatic carbocycles. The van der Waals surface area contributed by atoms with Crippen LogP contribution in [0.3, 0.4) is 0 Å². The minimum atomic E-state index is -4.18. The van der Waals surface area contributed by atoms with Gasteiger partial charge in [-0.3, -0.25) is 4.90 Å². The molecule has 0 radical (unpaired) electrons. The maximum atomic E-state index is 12.9. The van der Waals surface area contributed by atoms with Crippen molar-refractivity contribution in [1.82, 2.24) is 10.2 Å². The highest BCUT2D eigenvalue weighted by Crippen LogP contribution is 2.20. The van der Waals surface area contributed by atoms with E-state index in [2.05, 4.69) is 5.32 Å². The van der Waals surface area contributed by atoms with E-state index in [0.29, 0.717) is 26.1 Å². The number of nitrogens with one attached hydrogen (secondary N) is 1. The first-order valence-corrected chi connectivity index (χ1v) is 7.13. The topological polar surface area (TPSA) is 15.3 Å². The summed E-state index contributed by atoms with van der Waals surface area (Å²) in [6, 6.07) is 6.00. The number of nitrogens with zero attached hydrogens (tertiary/aromatic N) is 1. The van der Waals surface area contributed by atoms with Gasteiger partial charge < -0.3 is 5.32 Å². The van der Waals surface area contributed by atoms with Gasteiger partial charge in [0.2, 0.25) is 0 Å². The molecule has 0 heterocycles. The molecule has 2 nitrogen and oxygen atoms in total. The Balaban J connectivity index is 2.63. The smallest absolute Gasteiger partial charge is 0.310 e. The lowest BCUT2D eigenvalue weighted by Crippen LogP contribution is -2.36. The van der Waals surface area contributed by atoms with Gasteiger partial charge in [-0.05, 0) is 37.2 Å². The van der Waals surface area contributed by atoms with E-state index in [1.54, 1.807) is 19.1 Å². The lowest BCUT2D eigenvalue weighted by atomic mass is 10.0. The predicted molar refractivity (Wildman–Crippen MR) is 75.6 cm³/mol. The third kappa shape index (κ3) is 6.91. The van der Waals surface area contributed by atoms with Crippen LogP contribution in [0.15, 0.2) is 24.3 Å². The first kappa shape index (κ1) is 17.9. The fourth-order valence-electron chi connectivity index (χ4n) is 2.24. The average Bonchev–Trinajstić information content (AvgIpc) is 2.41. The molecule has 1 N–H and O–H groups in total. The van der Waals surface area contributed by atoms with Gasteiger partial charge in [-0.15, -0.1) is 0 Å². The second kappa shape index (κ2) is 8.34. The highest BCUT2D eigenvalue weighted by Gasteiger charge is 2.30. The van der Waals surface area contributed by atoms with Crippen molar-refractivity contribution in [3.8, 4) is 0 Å². The zero-order valence-electron chi connectivity index (χ0n) is 12.4. The quantitative estimate of drug-likeness (QED) is 0.736. The van der Waals surface area contributed by atoms with E-state index >= 15 is 0 Å². The summed E-state index contributed by atoms with van der Waals surface area (Å²) in [5.41, 5.74) is 0.890. The van der Waals surface area contributed by atoms with Crippen LogP contribution in [0.4, 0.5) is 17.6 Å². The molecular formula is C15H22F4N2. The summed E-state index contributed by atoms with van der Waals surface area (Å²) in [4.78, 5) is 1.37. The van der Waals surface area contributed by atoms with Crippen LogP contribution in [0.5, 0.6) is 0 Å². The maximum Gasteiger partial charge on any atom is 0.401 e. The fraction of sp³-hybridized carbons (Fsp3) is 0.600. The third-order valence-corrected chi connectivity index (χ3v) is 3.31. The third-order valence-electron chi connectivity index (χ3n) is 3.31. The predicted octanol–water partition coefficient (Wildman–Crippen LogP) is 3.75. The number of alkyl halides is 3. The van der Waals surface area contributed by atoms with E-state index in [1.807, 2.05) is 6.92 Å². The van der Waals surface area contributed by atoms with E-state index in [-0.39, 0.29) is 11.9 Å². The summed E-state index contributed by atoms with van der Waals surface area (Å²) < 4.78 is 50.2. The Morgan fingerprint density at radius 1 is 1.14 bits per heavy atom. The van der Waals surface area contributed by atoms with Gasteiger partial charge in [-0.25, -0.2) is 4.39 Å². The number of rotatable bonds is 8. The van der Waals surface area contributed by atoms with Gasteiger partial charge in [0.05, 0.1) is 6.54 Å². The Hall–Kier alpha value is -1.14. The van der Waals surface area contributed by atoms with E-state index in [9.17, 15) is 17.6 Å². The van der Waals surface area contributed by atoms with Gasteiger partial charge in [-0.2, -0.15) is 13.2 Å². The molecule has 0 aliphatic carbocycles. The van der Waals surface area contributed by atoms with Crippen molar-refractivity contribution in [3.63, 3.8) is 0 Å². The first-order valence-electron chi connectivity index (χ1n) is 7.13. The van der Waals surface area contributed by atoms with E-state index in [1.165, 1.54) is 17.0 Å². The Kier molecular flexibility index (Phi) is 7.11. The molecule has 0 amide bonds. The summed E-state index contributed by atoms with van der Waals surface area (Å²) in [6.07, 6.45) is -3.64. The molecule has 1 unspecified atom stereocenters. The van der Waals surface area contributed by atoms with Crippen molar-refractivity contribution >= 4 is 0 Å². The molecule has 0 aromatic heterocycles. The van der Waals surface area contributed by atoms with Crippen molar-refractivity contribution < 1.29 is 17.6 Å². The summed E-state index contributed by atoms with van der Waals surface area (Å²) in [5.74, 6) is -0.318. The summed E-state index contributed by atoms with van der Waals surface area (Å²) in [7, 11) is 0. The molecule has 0 bridgehead atoms. The van der Waals surface area contributed by atoms with Gasteiger partial charge in [0.25, 0.3) is 0 Å². The van der Waals surface area contributed by atoms with Crippen LogP contribution in [-0.4, -0.2) is 37.3 Å². The Morgan fingerprint density at radius 3 is 2.24 bits per heavy atom. The summed E-state index contributed by atoms with van der Waals surface area (Å²) in [6.45, 7) is 4.14. The molecule has 0 aliphatic rings. The van der Waals surface area contributed by atoms with Gasteiger partial charge in [0.15, 0.2) is 0 Å². The van der Waals surface area contributed by atoms with Gasteiger partial charge in [-0.1, -0.05) is 26.0 Å². The SMILES string of the molecule is CCNC(CCN(CC)CC(F)(F)F)c1ccc(F)cc1. The lowest BCUT2D eigenvalue weighted by molar-refractivity contribution is -0.145. The molecule has 0 saturated carbocycles. The second-order valence-corrected chi connectivity index (χ2v) is 4.93. The molecule has 0 aliphatic heterocycles. The number of halogens is 4. The second-order valence-electron chi connectivity index (χ2n) is 4.93. The number of benzene rings is 1. The van der Waals surface area contributed by atoms with Crippen LogP contribution in [-0.2, 0) is 0 Å². The summed E-state index contributed by atoms with van der Waals surface area (Å²) in [5, 5.41) is 3.23. The van der Waals surface area contributed by atoms with Crippen LogP contribution in [0.2, 0.25) is 0 Å². The standard InChI is InChI=1S/C15H22F4N2/c1-3-20-14(12-5-7-13(16)8-6-12)9-10-21(4-2)11-15(17,18)19/h5-8,14,20H,3-4,9-11H2,1-2H3. The minimum absolute atomic E-state index is 0.0714. The molecule has 0 saturated heterocycles. The number of hydrogen-bond donors (Lipinski definition) is 1. The van der Waals surface area contributed by atoms with Crippen molar-refractivity contribution in [1.29, 1.82) is 0 Å². The van der Waals surface area contributed by atoms with Crippen LogP contribution >= 0.6 is 0 Å². The fourth-order valence-corrected chi connectivity index (χ4v) is 2.24. The molecule has 6 heteroatoms. The molecular weight excluding hydrogens is 284 g/mol. The van der Waals surface area contributed by atoms with Crippen LogP contribution < -0.4 is 5.32 Å². The van der Waals surface area contributed by atoms with Crippen molar-refractivity contribution in [3.05, 3.63) is 35.6 Å². The largest absolute Gasteiger partial charge is 0.401 e. The molecule has 120 valence electrons. The van der Waals surface area contributed by atoms with Crippen LogP contribution in [0, 0.1) is 5.82 Å². The normalized spacial score (nSPS) is 13.7. The van der Waals surface area contributed by atoms with Crippen molar-refractivity contribution in [2.24, 2.45) is 0 Å². The highest BCUT2D eigenvalue weighted by atomic mass is 19.4. The molecule has 0 spiro atoms. The van der Waals surface area contributed by atoms with E-state index in [0.717, 1.165) is 5.56 Å². The maximum absolute atomic E-state index is 12.9. The van der Waals surface area contributed by atoms with Gasteiger partial charge in [0.1, 0.15) is 5.82 Å². The minimum Gasteiger partial charge on any atom is -0.310 e. The monoisotopic (exact) mass is 306 g/mol. The van der Waals surface area contributed by atoms with Crippen LogP contribution in [0.25, 0.3) is 0 Å². The zero-order valence-corrected chi connectivity index (χ0v) is 12.4. The molecule has 0 fully saturated rings. The highest BCUT2D eigenvalue weighted by molar-refractivity contribution is 5.19. The van der Waals surface area contributed by atoms with E-state index in [4.69, 9.17) is 0 Å². The lowest BCUT2D eigenvalue weighted by Gasteiger charge is -2.25. The van der Waals surface area contributed by atoms with Gasteiger partial charge >= 0.3 is 6.18 Å². The van der Waals surface area contributed by atoms with Gasteiger partial charge in [0, 0.05) is 12.6 Å². The zero-order chi connectivity index (χ0) is 15.9. The Morgan fingerprint density at radius 2 is 1.76 bits per heavy atom. The Labute approximate surface area is 123 Å². The van der Waals surface area contributed by atoms with E-state index < -0.39 is 12.7 Å². The van der Waals surface area contributed by atoms with Crippen molar-refractivity contribution in [2.45, 2.75) is 32.5 Å². The molecule has 1 rings (SSSR count). The molecule has 21 heavy (non-hydrogen) atoms. The van der Waals surface area contributed by atoms with Crippen molar-refractivity contribution in [2.75, 3.05) is 26.2 Å². The number of hydrogen-bond acceptors (Lipinski definition) is 2. The average molecular weight is 306 g/mol. The first-order chi connectivity index (χ1) is 9.85. The molecule has 1 aromatic rings. The molecule has 1 atom stereocenters. The summed E-state index contributed by atoms with van der Waals surface area (Å²) >= 11 is 0. The Bertz CT molecular complexity index is 403.